The molecular formula is C67H41NO2. The number of anilines is 3. The summed E-state index contributed by atoms with van der Waals surface area (Å²) in [6.45, 7) is 0. The van der Waals surface area contributed by atoms with Gasteiger partial charge in [-0.2, -0.15) is 0 Å². The van der Waals surface area contributed by atoms with Gasteiger partial charge in [0.1, 0.15) is 22.3 Å². The summed E-state index contributed by atoms with van der Waals surface area (Å²) in [5.41, 5.74) is 23.3. The summed E-state index contributed by atoms with van der Waals surface area (Å²) >= 11 is 0. The molecule has 15 rings (SSSR count). The molecular weight excluding hydrogens is 851 g/mol. The van der Waals surface area contributed by atoms with Crippen molar-refractivity contribution in [2.45, 2.75) is 5.41 Å². The fourth-order valence-corrected chi connectivity index (χ4v) is 12.1. The minimum atomic E-state index is -0.455. The van der Waals surface area contributed by atoms with E-state index in [4.69, 9.17) is 8.83 Å². The molecule has 11 aromatic carbocycles. The maximum Gasteiger partial charge on any atom is 0.144 e. The Bertz CT molecular complexity index is 4160. The number of hydrogen-bond acceptors (Lipinski definition) is 3. The Hall–Kier alpha value is -9.18. The molecule has 0 bridgehead atoms. The summed E-state index contributed by atoms with van der Waals surface area (Å²) in [5.74, 6) is 0. The largest absolute Gasteiger partial charge is 0.456 e. The lowest BCUT2D eigenvalue weighted by molar-refractivity contribution is 0.665. The van der Waals surface area contributed by atoms with Crippen LogP contribution in [0.2, 0.25) is 0 Å². The molecule has 13 aromatic rings. The molecule has 2 heterocycles. The highest BCUT2D eigenvalue weighted by molar-refractivity contribution is 6.24. The van der Waals surface area contributed by atoms with E-state index in [0.29, 0.717) is 0 Å². The number of hydrogen-bond donors (Lipinski definition) is 0. The molecule has 3 heteroatoms. The third-order valence-electron chi connectivity index (χ3n) is 15.1. The van der Waals surface area contributed by atoms with E-state index >= 15 is 0 Å². The van der Waals surface area contributed by atoms with E-state index in [-0.39, 0.29) is 0 Å². The van der Waals surface area contributed by atoms with Crippen molar-refractivity contribution in [3.8, 4) is 55.6 Å². The van der Waals surface area contributed by atoms with Crippen LogP contribution >= 0.6 is 0 Å². The van der Waals surface area contributed by atoms with Crippen molar-refractivity contribution in [3.63, 3.8) is 0 Å². The molecule has 0 fully saturated rings. The van der Waals surface area contributed by atoms with Crippen molar-refractivity contribution in [1.82, 2.24) is 0 Å². The highest BCUT2D eigenvalue weighted by Crippen LogP contribution is 2.63. The van der Waals surface area contributed by atoms with Crippen molar-refractivity contribution in [2.75, 3.05) is 4.90 Å². The average molecular weight is 892 g/mol. The van der Waals surface area contributed by atoms with Gasteiger partial charge in [0.2, 0.25) is 0 Å². The maximum atomic E-state index is 7.13. The smallest absolute Gasteiger partial charge is 0.144 e. The number of rotatable bonds is 6. The van der Waals surface area contributed by atoms with Gasteiger partial charge >= 0.3 is 0 Å². The minimum absolute atomic E-state index is 0.455. The van der Waals surface area contributed by atoms with E-state index < -0.39 is 5.41 Å². The van der Waals surface area contributed by atoms with Crippen molar-refractivity contribution >= 4 is 60.9 Å². The van der Waals surface area contributed by atoms with Gasteiger partial charge in [-0.1, -0.05) is 200 Å². The monoisotopic (exact) mass is 891 g/mol. The van der Waals surface area contributed by atoms with E-state index in [1.807, 2.05) is 12.1 Å². The molecule has 70 heavy (non-hydrogen) atoms. The maximum absolute atomic E-state index is 7.13. The van der Waals surface area contributed by atoms with Gasteiger partial charge < -0.3 is 13.7 Å². The lowest BCUT2D eigenvalue weighted by Gasteiger charge is -2.32. The van der Waals surface area contributed by atoms with Gasteiger partial charge in [-0.05, 0) is 115 Å². The molecule has 3 nitrogen and oxygen atoms in total. The van der Waals surface area contributed by atoms with Crippen LogP contribution in [0.1, 0.15) is 22.3 Å². The van der Waals surface area contributed by atoms with Crippen LogP contribution in [-0.4, -0.2) is 0 Å². The van der Waals surface area contributed by atoms with Crippen molar-refractivity contribution in [3.05, 3.63) is 271 Å². The third kappa shape index (κ3) is 5.46. The molecule has 0 unspecified atom stereocenters. The second-order valence-electron chi connectivity index (χ2n) is 18.7. The number of furan rings is 2. The zero-order chi connectivity index (χ0) is 45.9. The Morgan fingerprint density at radius 1 is 0.286 bits per heavy atom. The standard InChI is InChI=1S/C67H41NO2/c1-3-16-42(17-4-1)43-30-34-46(35-31-43)68(48-38-39-53-52-22-9-13-28-59(52)67(60(53)40-48)57-26-11-7-20-50(57)51-21-8-12-27-58(51)67)47-36-32-44(33-37-47)49-24-15-25-54-56-41-62-64(55-23-10-14-29-61(55)69-62)63(66(56)70-65(49)54)45-18-5-2-6-19-45/h1-41H. The molecule has 0 saturated carbocycles. The zero-order valence-corrected chi connectivity index (χ0v) is 37.9. The van der Waals surface area contributed by atoms with E-state index in [9.17, 15) is 0 Å². The van der Waals surface area contributed by atoms with Gasteiger partial charge in [-0.3, -0.25) is 0 Å². The lowest BCUT2D eigenvalue weighted by Crippen LogP contribution is -2.26. The van der Waals surface area contributed by atoms with Crippen molar-refractivity contribution < 1.29 is 8.83 Å². The third-order valence-corrected chi connectivity index (χ3v) is 15.1. The van der Waals surface area contributed by atoms with Crippen LogP contribution in [0.25, 0.3) is 99.5 Å². The second-order valence-corrected chi connectivity index (χ2v) is 18.7. The molecule has 0 aliphatic heterocycles. The summed E-state index contributed by atoms with van der Waals surface area (Å²) in [5, 5.41) is 4.24. The Kier molecular flexibility index (Phi) is 8.28. The average Bonchev–Trinajstić information content (AvgIpc) is 4.17. The van der Waals surface area contributed by atoms with Gasteiger partial charge in [0.25, 0.3) is 0 Å². The second kappa shape index (κ2) is 14.9. The Balaban J connectivity index is 0.905. The molecule has 2 aromatic heterocycles. The van der Waals surface area contributed by atoms with Crippen LogP contribution in [0.4, 0.5) is 17.1 Å². The fraction of sp³-hybridized carbons (Fsp3) is 0.0149. The van der Waals surface area contributed by atoms with Gasteiger partial charge in [0.15, 0.2) is 0 Å². The summed E-state index contributed by atoms with van der Waals surface area (Å²) in [6.07, 6.45) is 0. The van der Waals surface area contributed by atoms with Crippen LogP contribution < -0.4 is 4.90 Å². The summed E-state index contributed by atoms with van der Waals surface area (Å²) in [7, 11) is 0. The molecule has 1 spiro atoms. The quantitative estimate of drug-likeness (QED) is 0.167. The van der Waals surface area contributed by atoms with Gasteiger partial charge in [-0.25, -0.2) is 0 Å². The van der Waals surface area contributed by atoms with E-state index in [1.165, 1.54) is 55.6 Å². The number of nitrogens with zero attached hydrogens (tertiary/aromatic N) is 1. The fourth-order valence-electron chi connectivity index (χ4n) is 12.1. The highest BCUT2D eigenvalue weighted by Gasteiger charge is 2.51. The van der Waals surface area contributed by atoms with Gasteiger partial charge in [0.05, 0.1) is 5.41 Å². The predicted octanol–water partition coefficient (Wildman–Crippen LogP) is 18.3. The van der Waals surface area contributed by atoms with Crippen LogP contribution in [0, 0.1) is 0 Å². The first-order valence-electron chi connectivity index (χ1n) is 24.1. The molecule has 0 radical (unpaired) electrons. The molecule has 0 atom stereocenters. The minimum Gasteiger partial charge on any atom is -0.456 e. The summed E-state index contributed by atoms with van der Waals surface area (Å²) in [4.78, 5) is 2.41. The zero-order valence-electron chi connectivity index (χ0n) is 37.9. The first-order valence-corrected chi connectivity index (χ1v) is 24.1. The molecule has 0 saturated heterocycles. The Labute approximate surface area is 404 Å². The van der Waals surface area contributed by atoms with Crippen LogP contribution in [-0.2, 0) is 5.41 Å². The predicted molar refractivity (Wildman–Crippen MR) is 288 cm³/mol. The highest BCUT2D eigenvalue weighted by atomic mass is 16.3. The molecule has 0 amide bonds. The molecule has 0 N–H and O–H groups in total. The lowest BCUT2D eigenvalue weighted by atomic mass is 9.70. The number of fused-ring (bicyclic) bond motifs is 16. The van der Waals surface area contributed by atoms with Crippen LogP contribution in [0.3, 0.4) is 0 Å². The van der Waals surface area contributed by atoms with Crippen LogP contribution in [0.15, 0.2) is 258 Å². The van der Waals surface area contributed by atoms with E-state index in [2.05, 4.69) is 241 Å². The number of para-hydroxylation sites is 2. The van der Waals surface area contributed by atoms with Gasteiger partial charge in [-0.15, -0.1) is 0 Å². The van der Waals surface area contributed by atoms with Crippen molar-refractivity contribution in [2.24, 2.45) is 0 Å². The summed E-state index contributed by atoms with van der Waals surface area (Å²) in [6, 6.07) is 90.3. The van der Waals surface area contributed by atoms with E-state index in [1.54, 1.807) is 0 Å². The molecule has 2 aliphatic carbocycles. The Morgan fingerprint density at radius 2 is 0.786 bits per heavy atom. The van der Waals surface area contributed by atoms with Crippen molar-refractivity contribution in [1.29, 1.82) is 0 Å². The molecule has 326 valence electrons. The molecule has 2 aliphatic rings. The first kappa shape index (κ1) is 38.9. The normalized spacial score (nSPS) is 13.0. The Morgan fingerprint density at radius 3 is 1.44 bits per heavy atom. The van der Waals surface area contributed by atoms with Gasteiger partial charge in [0, 0.05) is 49.7 Å². The first-order chi connectivity index (χ1) is 34.7. The topological polar surface area (TPSA) is 29.5 Å². The summed E-state index contributed by atoms with van der Waals surface area (Å²) < 4.78 is 13.7. The van der Waals surface area contributed by atoms with Crippen LogP contribution in [0.5, 0.6) is 0 Å². The SMILES string of the molecule is c1ccc(-c2ccc(N(c3ccc(-c4cccc5c4oc4c(-c6ccccc6)c6c(cc45)oc4ccccc46)cc3)c3ccc4c(c3)C3(c5ccccc5-c5ccccc53)c3ccccc3-4)cc2)cc1. The van der Waals surface area contributed by atoms with E-state index in [0.717, 1.165) is 83.2 Å². The number of benzene rings is 11.